The predicted octanol–water partition coefficient (Wildman–Crippen LogP) is -0.0866. The first kappa shape index (κ1) is 12.4. The van der Waals surface area contributed by atoms with Crippen molar-refractivity contribution in [3.05, 3.63) is 0 Å². The summed E-state index contributed by atoms with van der Waals surface area (Å²) in [6.45, 7) is 1.73. The highest BCUT2D eigenvalue weighted by atomic mass is 16.2. The van der Waals surface area contributed by atoms with Crippen LogP contribution in [0.15, 0.2) is 0 Å². The number of amides is 2. The van der Waals surface area contributed by atoms with E-state index in [9.17, 15) is 9.59 Å². The second kappa shape index (κ2) is 6.00. The molecule has 5 heteroatoms. The Morgan fingerprint density at radius 3 is 2.88 bits per heavy atom. The van der Waals surface area contributed by atoms with Crippen LogP contribution in [0.4, 0.5) is 0 Å². The van der Waals surface area contributed by atoms with Gasteiger partial charge in [-0.25, -0.2) is 0 Å². The van der Waals surface area contributed by atoms with Crippen LogP contribution in [-0.4, -0.2) is 37.0 Å². The summed E-state index contributed by atoms with van der Waals surface area (Å²) in [7, 11) is 0. The smallest absolute Gasteiger partial charge is 0.242 e. The lowest BCUT2D eigenvalue weighted by Crippen LogP contribution is -2.46. The van der Waals surface area contributed by atoms with E-state index in [-0.39, 0.29) is 17.9 Å². The number of hydrogen-bond donors (Lipinski definition) is 3. The molecule has 0 saturated carbocycles. The van der Waals surface area contributed by atoms with Gasteiger partial charge in [0.2, 0.25) is 11.8 Å². The molecule has 17 heavy (non-hydrogen) atoms. The molecule has 2 amide bonds. The molecule has 2 saturated heterocycles. The molecule has 0 aromatic carbocycles. The van der Waals surface area contributed by atoms with Crippen LogP contribution in [-0.2, 0) is 9.59 Å². The second-order valence-electron chi connectivity index (χ2n) is 4.90. The zero-order valence-electron chi connectivity index (χ0n) is 10.1. The molecule has 0 radical (unpaired) electrons. The number of hydrogen-bond acceptors (Lipinski definition) is 3. The van der Waals surface area contributed by atoms with Crippen molar-refractivity contribution < 1.29 is 9.59 Å². The molecule has 5 nitrogen and oxygen atoms in total. The summed E-state index contributed by atoms with van der Waals surface area (Å²) in [4.78, 5) is 23.4. The minimum absolute atomic E-state index is 0.00792. The maximum Gasteiger partial charge on any atom is 0.242 e. The van der Waals surface area contributed by atoms with Crippen molar-refractivity contribution in [2.24, 2.45) is 0 Å². The molecule has 2 unspecified atom stereocenters. The highest BCUT2D eigenvalue weighted by Gasteiger charge is 2.24. The first-order valence-corrected chi connectivity index (χ1v) is 6.56. The fraction of sp³-hybridized carbons (Fsp3) is 0.833. The molecule has 2 atom stereocenters. The van der Waals surface area contributed by atoms with Gasteiger partial charge in [-0.05, 0) is 38.6 Å². The number of rotatable bonds is 3. The van der Waals surface area contributed by atoms with E-state index in [1.165, 1.54) is 0 Å². The minimum atomic E-state index is -0.327. The molecule has 2 aliphatic rings. The Bertz CT molecular complexity index is 287. The molecule has 3 N–H and O–H groups in total. The molecule has 0 aromatic rings. The van der Waals surface area contributed by atoms with Crippen molar-refractivity contribution in [3.8, 4) is 0 Å². The number of carbonyl (C=O) groups is 2. The third kappa shape index (κ3) is 3.70. The number of nitrogens with one attached hydrogen (secondary N) is 3. The molecule has 2 fully saturated rings. The molecule has 0 bridgehead atoms. The van der Waals surface area contributed by atoms with Crippen molar-refractivity contribution in [1.82, 2.24) is 16.0 Å². The summed E-state index contributed by atoms with van der Waals surface area (Å²) in [6, 6.07) is -0.0322. The average Bonchev–Trinajstić information content (AvgIpc) is 2.71. The van der Waals surface area contributed by atoms with Gasteiger partial charge in [0.1, 0.15) is 6.04 Å². The van der Waals surface area contributed by atoms with Crippen molar-refractivity contribution in [2.45, 2.75) is 50.6 Å². The summed E-state index contributed by atoms with van der Waals surface area (Å²) < 4.78 is 0. The zero-order valence-corrected chi connectivity index (χ0v) is 10.1. The van der Waals surface area contributed by atoms with Crippen LogP contribution in [0.1, 0.15) is 38.5 Å². The first-order chi connectivity index (χ1) is 8.25. The highest BCUT2D eigenvalue weighted by molar-refractivity contribution is 5.87. The van der Waals surface area contributed by atoms with Gasteiger partial charge < -0.3 is 16.0 Å². The summed E-state index contributed by atoms with van der Waals surface area (Å²) >= 11 is 0. The zero-order chi connectivity index (χ0) is 12.1. The van der Waals surface area contributed by atoms with E-state index in [1.54, 1.807) is 0 Å². The Labute approximate surface area is 102 Å². The van der Waals surface area contributed by atoms with Gasteiger partial charge in [0, 0.05) is 19.0 Å². The highest BCUT2D eigenvalue weighted by Crippen LogP contribution is 2.10. The molecule has 2 aliphatic heterocycles. The van der Waals surface area contributed by atoms with Gasteiger partial charge in [-0.15, -0.1) is 0 Å². The third-order valence-electron chi connectivity index (χ3n) is 3.46. The molecule has 0 spiro atoms. The Kier molecular flexibility index (Phi) is 4.36. The molecule has 2 heterocycles. The standard InChI is InChI=1S/C12H21N3O2/c16-11(8-9-4-3-7-13-9)15-10-5-1-2-6-14-12(10)17/h9-10,13H,1-8H2,(H,14,17)(H,15,16). The van der Waals surface area contributed by atoms with Crippen LogP contribution in [0.2, 0.25) is 0 Å². The molecule has 96 valence electrons. The van der Waals surface area contributed by atoms with Gasteiger partial charge in [0.25, 0.3) is 0 Å². The molecule has 0 aliphatic carbocycles. The SMILES string of the molecule is O=C(CC1CCCN1)NC1CCCCNC1=O. The van der Waals surface area contributed by atoms with Gasteiger partial charge in [-0.1, -0.05) is 0 Å². The largest absolute Gasteiger partial charge is 0.354 e. The van der Waals surface area contributed by atoms with Crippen LogP contribution >= 0.6 is 0 Å². The van der Waals surface area contributed by atoms with E-state index in [1.807, 2.05) is 0 Å². The monoisotopic (exact) mass is 239 g/mol. The van der Waals surface area contributed by atoms with E-state index >= 15 is 0 Å². The van der Waals surface area contributed by atoms with Crippen LogP contribution in [0.5, 0.6) is 0 Å². The maximum atomic E-state index is 11.8. The van der Waals surface area contributed by atoms with Crippen molar-refractivity contribution >= 4 is 11.8 Å². The summed E-state index contributed by atoms with van der Waals surface area (Å²) in [6.07, 6.45) is 5.44. The first-order valence-electron chi connectivity index (χ1n) is 6.56. The Morgan fingerprint density at radius 2 is 2.12 bits per heavy atom. The second-order valence-corrected chi connectivity index (χ2v) is 4.90. The Balaban J connectivity index is 1.77. The van der Waals surface area contributed by atoms with E-state index in [4.69, 9.17) is 0 Å². The van der Waals surface area contributed by atoms with Gasteiger partial charge in [0.15, 0.2) is 0 Å². The topological polar surface area (TPSA) is 70.2 Å². The molecule has 0 aromatic heterocycles. The van der Waals surface area contributed by atoms with Gasteiger partial charge in [0.05, 0.1) is 0 Å². The van der Waals surface area contributed by atoms with Gasteiger partial charge in [-0.2, -0.15) is 0 Å². The van der Waals surface area contributed by atoms with Gasteiger partial charge in [-0.3, -0.25) is 9.59 Å². The van der Waals surface area contributed by atoms with E-state index in [2.05, 4.69) is 16.0 Å². The minimum Gasteiger partial charge on any atom is -0.354 e. The van der Waals surface area contributed by atoms with Gasteiger partial charge >= 0.3 is 0 Å². The van der Waals surface area contributed by atoms with Crippen LogP contribution in [0.25, 0.3) is 0 Å². The van der Waals surface area contributed by atoms with Crippen LogP contribution in [0, 0.1) is 0 Å². The fourth-order valence-electron chi connectivity index (χ4n) is 2.49. The molecular weight excluding hydrogens is 218 g/mol. The van der Waals surface area contributed by atoms with E-state index in [0.29, 0.717) is 12.5 Å². The summed E-state index contributed by atoms with van der Waals surface area (Å²) in [5.74, 6) is -0.0401. The lowest BCUT2D eigenvalue weighted by molar-refractivity contribution is -0.129. The predicted molar refractivity (Wildman–Crippen MR) is 64.4 cm³/mol. The lowest BCUT2D eigenvalue weighted by Gasteiger charge is -2.17. The molecular formula is C12H21N3O2. The normalized spacial score (nSPS) is 29.5. The Morgan fingerprint density at radius 1 is 1.24 bits per heavy atom. The number of carbonyl (C=O) groups excluding carboxylic acids is 2. The lowest BCUT2D eigenvalue weighted by atomic mass is 10.1. The maximum absolute atomic E-state index is 11.8. The van der Waals surface area contributed by atoms with Crippen LogP contribution < -0.4 is 16.0 Å². The van der Waals surface area contributed by atoms with Crippen molar-refractivity contribution in [3.63, 3.8) is 0 Å². The van der Waals surface area contributed by atoms with Crippen molar-refractivity contribution in [1.29, 1.82) is 0 Å². The summed E-state index contributed by atoms with van der Waals surface area (Å²) in [5, 5.41) is 8.96. The van der Waals surface area contributed by atoms with Crippen molar-refractivity contribution in [2.75, 3.05) is 13.1 Å². The van der Waals surface area contributed by atoms with Crippen LogP contribution in [0.3, 0.4) is 0 Å². The average molecular weight is 239 g/mol. The molecule has 2 rings (SSSR count). The quantitative estimate of drug-likeness (QED) is 0.645. The van der Waals surface area contributed by atoms with E-state index < -0.39 is 0 Å². The Hall–Kier alpha value is -1.10. The summed E-state index contributed by atoms with van der Waals surface area (Å²) in [5.41, 5.74) is 0. The third-order valence-corrected chi connectivity index (χ3v) is 3.46. The van der Waals surface area contributed by atoms with E-state index in [0.717, 1.165) is 45.2 Å². The fourth-order valence-corrected chi connectivity index (χ4v) is 2.49.